The van der Waals surface area contributed by atoms with Crippen LogP contribution in [0.2, 0.25) is 0 Å². The number of amides is 2. The Balaban J connectivity index is 2.14. The number of carbonyl (C=O) groups is 2. The maximum Gasteiger partial charge on any atom is 0.251 e. The van der Waals surface area contributed by atoms with E-state index in [0.717, 1.165) is 56.9 Å². The molecule has 0 fully saturated rings. The van der Waals surface area contributed by atoms with Crippen molar-refractivity contribution in [3.8, 4) is 0 Å². The van der Waals surface area contributed by atoms with Crippen LogP contribution in [0, 0.1) is 11.3 Å². The number of nitrogens with two attached hydrogens (primary N) is 1. The van der Waals surface area contributed by atoms with Crippen LogP contribution in [0.3, 0.4) is 0 Å². The lowest BCUT2D eigenvalue weighted by molar-refractivity contribution is -0.116. The molecule has 3 N–H and O–H groups in total. The molecule has 1 aliphatic carbocycles. The van der Waals surface area contributed by atoms with Crippen LogP contribution in [-0.2, 0) is 17.6 Å². The van der Waals surface area contributed by atoms with Crippen LogP contribution in [0.5, 0.6) is 0 Å². The molecule has 0 bridgehead atoms. The highest BCUT2D eigenvalue weighted by atomic mass is 32.1. The summed E-state index contributed by atoms with van der Waals surface area (Å²) in [5.41, 5.74) is 7.58. The minimum Gasteiger partial charge on any atom is -0.365 e. The molecule has 0 saturated heterocycles. The van der Waals surface area contributed by atoms with Gasteiger partial charge in [-0.2, -0.15) is 0 Å². The third kappa shape index (κ3) is 4.87. The van der Waals surface area contributed by atoms with E-state index in [-0.39, 0.29) is 11.3 Å². The highest BCUT2D eigenvalue weighted by molar-refractivity contribution is 7.17. The van der Waals surface area contributed by atoms with E-state index in [1.165, 1.54) is 4.88 Å². The van der Waals surface area contributed by atoms with E-state index in [1.54, 1.807) is 11.3 Å². The first-order chi connectivity index (χ1) is 12.3. The third-order valence-electron chi connectivity index (χ3n) is 6.04. The fourth-order valence-corrected chi connectivity index (χ4v) is 5.14. The predicted octanol–water partition coefficient (Wildman–Crippen LogP) is 5.30. The molecule has 1 aromatic rings. The van der Waals surface area contributed by atoms with E-state index in [0.29, 0.717) is 22.9 Å². The smallest absolute Gasteiger partial charge is 0.251 e. The van der Waals surface area contributed by atoms with E-state index in [1.807, 2.05) is 0 Å². The molecule has 0 radical (unpaired) electrons. The van der Waals surface area contributed by atoms with Gasteiger partial charge in [0, 0.05) is 11.3 Å². The second-order valence-corrected chi connectivity index (χ2v) is 9.32. The first kappa shape index (κ1) is 20.9. The maximum absolute atomic E-state index is 12.3. The standard InChI is InChI=1S/C21H34N2O2S/c1-5-7-8-9-10-17(24)23-20-18(19(22)25)15-12-11-14(13-16(15)26-20)21(3,4)6-2/h14H,5-13H2,1-4H3,(H2,22,25)(H,23,24). The zero-order valence-electron chi connectivity index (χ0n) is 16.7. The van der Waals surface area contributed by atoms with Crippen molar-refractivity contribution in [3.63, 3.8) is 0 Å². The average Bonchev–Trinajstić information content (AvgIpc) is 2.95. The van der Waals surface area contributed by atoms with E-state index in [2.05, 4.69) is 33.0 Å². The van der Waals surface area contributed by atoms with Gasteiger partial charge >= 0.3 is 0 Å². The van der Waals surface area contributed by atoms with Crippen molar-refractivity contribution < 1.29 is 9.59 Å². The van der Waals surface area contributed by atoms with Gasteiger partial charge in [0.2, 0.25) is 5.91 Å². The van der Waals surface area contributed by atoms with Crippen LogP contribution in [0.25, 0.3) is 0 Å². The summed E-state index contributed by atoms with van der Waals surface area (Å²) in [6, 6.07) is 0. The minimum atomic E-state index is -0.419. The van der Waals surface area contributed by atoms with Gasteiger partial charge in [0.25, 0.3) is 5.91 Å². The molecule has 1 heterocycles. The lowest BCUT2D eigenvalue weighted by Crippen LogP contribution is -2.29. The van der Waals surface area contributed by atoms with Gasteiger partial charge in [0.1, 0.15) is 5.00 Å². The van der Waals surface area contributed by atoms with Crippen molar-refractivity contribution in [3.05, 3.63) is 16.0 Å². The van der Waals surface area contributed by atoms with Crippen LogP contribution in [-0.4, -0.2) is 11.8 Å². The molecule has 1 unspecified atom stereocenters. The molecule has 1 aromatic heterocycles. The largest absolute Gasteiger partial charge is 0.365 e. The summed E-state index contributed by atoms with van der Waals surface area (Å²) in [4.78, 5) is 25.6. The second kappa shape index (κ2) is 9.03. The van der Waals surface area contributed by atoms with Gasteiger partial charge in [-0.1, -0.05) is 53.4 Å². The number of primary amides is 1. The van der Waals surface area contributed by atoms with Gasteiger partial charge in [0.15, 0.2) is 0 Å². The number of carbonyl (C=O) groups excluding carboxylic acids is 2. The SMILES string of the molecule is CCCCCCC(=O)Nc1sc2c(c1C(N)=O)CCC(C(C)(C)CC)C2. The monoisotopic (exact) mass is 378 g/mol. The van der Waals surface area contributed by atoms with Gasteiger partial charge in [-0.05, 0) is 42.6 Å². The minimum absolute atomic E-state index is 0.00682. The Morgan fingerprint density at radius 3 is 2.58 bits per heavy atom. The molecule has 0 aliphatic heterocycles. The Labute approximate surface area is 161 Å². The molecule has 0 spiro atoms. The second-order valence-electron chi connectivity index (χ2n) is 8.21. The van der Waals surface area contributed by atoms with Gasteiger partial charge in [-0.3, -0.25) is 9.59 Å². The van der Waals surface area contributed by atoms with Crippen molar-refractivity contribution in [1.29, 1.82) is 0 Å². The molecule has 26 heavy (non-hydrogen) atoms. The topological polar surface area (TPSA) is 72.2 Å². The van der Waals surface area contributed by atoms with Crippen molar-refractivity contribution in [2.75, 3.05) is 5.32 Å². The molecule has 0 saturated carbocycles. The number of unbranched alkanes of at least 4 members (excludes halogenated alkanes) is 3. The zero-order chi connectivity index (χ0) is 19.3. The first-order valence-corrected chi connectivity index (χ1v) is 10.9. The summed E-state index contributed by atoms with van der Waals surface area (Å²) >= 11 is 1.56. The predicted molar refractivity (Wildman–Crippen MR) is 110 cm³/mol. The Hall–Kier alpha value is -1.36. The highest BCUT2D eigenvalue weighted by Crippen LogP contribution is 2.45. The maximum atomic E-state index is 12.3. The van der Waals surface area contributed by atoms with E-state index < -0.39 is 5.91 Å². The number of thiophene rings is 1. The number of anilines is 1. The Morgan fingerprint density at radius 1 is 1.23 bits per heavy atom. The molecule has 1 aliphatic rings. The highest BCUT2D eigenvalue weighted by Gasteiger charge is 2.34. The van der Waals surface area contributed by atoms with Gasteiger partial charge in [0.05, 0.1) is 5.56 Å². The summed E-state index contributed by atoms with van der Waals surface area (Å²) in [6.45, 7) is 9.04. The van der Waals surface area contributed by atoms with E-state index in [4.69, 9.17) is 5.73 Å². The van der Waals surface area contributed by atoms with Gasteiger partial charge in [-0.15, -0.1) is 11.3 Å². The number of hydrogen-bond donors (Lipinski definition) is 2. The average molecular weight is 379 g/mol. The lowest BCUT2D eigenvalue weighted by Gasteiger charge is -2.36. The fraction of sp³-hybridized carbons (Fsp3) is 0.714. The molecule has 2 rings (SSSR count). The van der Waals surface area contributed by atoms with Crippen molar-refractivity contribution >= 4 is 28.2 Å². The molecule has 146 valence electrons. The molecule has 0 aromatic carbocycles. The Kier molecular flexibility index (Phi) is 7.27. The Bertz CT molecular complexity index is 649. The molecule has 2 amide bonds. The zero-order valence-corrected chi connectivity index (χ0v) is 17.6. The fourth-order valence-electron chi connectivity index (χ4n) is 3.79. The number of fused-ring (bicyclic) bond motifs is 1. The van der Waals surface area contributed by atoms with Crippen molar-refractivity contribution in [2.24, 2.45) is 17.1 Å². The summed E-state index contributed by atoms with van der Waals surface area (Å²) in [7, 11) is 0. The molecule has 4 nitrogen and oxygen atoms in total. The van der Waals surface area contributed by atoms with Crippen molar-refractivity contribution in [2.45, 2.75) is 85.5 Å². The summed E-state index contributed by atoms with van der Waals surface area (Å²) < 4.78 is 0. The summed E-state index contributed by atoms with van der Waals surface area (Å²) in [6.07, 6.45) is 8.86. The van der Waals surface area contributed by atoms with Crippen LogP contribution in [0.4, 0.5) is 5.00 Å². The number of nitrogens with one attached hydrogen (secondary N) is 1. The van der Waals surface area contributed by atoms with Crippen LogP contribution < -0.4 is 11.1 Å². The summed E-state index contributed by atoms with van der Waals surface area (Å²) in [5, 5.41) is 3.64. The summed E-state index contributed by atoms with van der Waals surface area (Å²) in [5.74, 6) is 0.182. The molecule has 5 heteroatoms. The van der Waals surface area contributed by atoms with Crippen LogP contribution in [0.15, 0.2) is 0 Å². The van der Waals surface area contributed by atoms with Gasteiger partial charge < -0.3 is 11.1 Å². The number of rotatable bonds is 9. The lowest BCUT2D eigenvalue weighted by atomic mass is 9.69. The normalized spacial score (nSPS) is 17.0. The molecular formula is C21H34N2O2S. The number of hydrogen-bond acceptors (Lipinski definition) is 3. The molecule has 1 atom stereocenters. The molecular weight excluding hydrogens is 344 g/mol. The van der Waals surface area contributed by atoms with Gasteiger partial charge in [-0.25, -0.2) is 0 Å². The van der Waals surface area contributed by atoms with E-state index >= 15 is 0 Å². The quantitative estimate of drug-likeness (QED) is 0.573. The van der Waals surface area contributed by atoms with Crippen LogP contribution in [0.1, 0.15) is 93.4 Å². The van der Waals surface area contributed by atoms with E-state index in [9.17, 15) is 9.59 Å². The third-order valence-corrected chi connectivity index (χ3v) is 7.21. The first-order valence-electron chi connectivity index (χ1n) is 10.0. The van der Waals surface area contributed by atoms with Crippen molar-refractivity contribution in [1.82, 2.24) is 0 Å². The Morgan fingerprint density at radius 2 is 1.96 bits per heavy atom. The van der Waals surface area contributed by atoms with Crippen LogP contribution >= 0.6 is 11.3 Å².